The van der Waals surface area contributed by atoms with Gasteiger partial charge in [-0.25, -0.2) is 9.97 Å². The summed E-state index contributed by atoms with van der Waals surface area (Å²) in [5, 5.41) is 0. The zero-order valence-electron chi connectivity index (χ0n) is 18.8. The Morgan fingerprint density at radius 1 is 1.09 bits per heavy atom. The molecule has 1 saturated heterocycles. The highest BCUT2D eigenvalue weighted by Crippen LogP contribution is 2.62. The second-order valence-corrected chi connectivity index (χ2v) is 9.98. The molecule has 6 nitrogen and oxygen atoms in total. The quantitative estimate of drug-likeness (QED) is 0.770. The van der Waals surface area contributed by atoms with Gasteiger partial charge in [-0.05, 0) is 37.8 Å². The number of hydrogen-bond donors (Lipinski definition) is 1. The van der Waals surface area contributed by atoms with Crippen LogP contribution in [-0.4, -0.2) is 63.6 Å². The van der Waals surface area contributed by atoms with E-state index in [4.69, 9.17) is 10.7 Å². The SMILES string of the molecule is CC(C)c1nc(-c2cnc(N)c(C(F)(F)F)c2)cn1C1[C@H]2CC(N3CCN(C)CC3)C[C@@H]12. The van der Waals surface area contributed by atoms with Gasteiger partial charge in [0.2, 0.25) is 0 Å². The highest BCUT2D eigenvalue weighted by molar-refractivity contribution is 5.62. The first-order valence-corrected chi connectivity index (χ1v) is 11.5. The molecule has 2 aliphatic carbocycles. The molecule has 0 spiro atoms. The molecule has 2 unspecified atom stereocenters. The molecule has 0 radical (unpaired) electrons. The van der Waals surface area contributed by atoms with Crippen LogP contribution in [0.5, 0.6) is 0 Å². The Morgan fingerprint density at radius 2 is 1.75 bits per heavy atom. The number of anilines is 1. The van der Waals surface area contributed by atoms with E-state index in [2.05, 4.69) is 40.2 Å². The molecular formula is C23H31F3N6. The number of fused-ring (bicyclic) bond motifs is 1. The Hall–Kier alpha value is -2.13. The normalized spacial score (nSPS) is 29.0. The van der Waals surface area contributed by atoms with Crippen molar-refractivity contribution in [2.24, 2.45) is 11.8 Å². The van der Waals surface area contributed by atoms with Gasteiger partial charge in [-0.15, -0.1) is 0 Å². The predicted octanol–water partition coefficient (Wildman–Crippen LogP) is 3.87. The summed E-state index contributed by atoms with van der Waals surface area (Å²) in [6, 6.07) is 2.13. The van der Waals surface area contributed by atoms with E-state index in [0.29, 0.717) is 35.2 Å². The van der Waals surface area contributed by atoms with Crippen LogP contribution in [0.3, 0.4) is 0 Å². The van der Waals surface area contributed by atoms with Crippen molar-refractivity contribution in [2.75, 3.05) is 39.0 Å². The molecule has 2 saturated carbocycles. The number of imidazole rings is 1. The number of halogens is 3. The summed E-state index contributed by atoms with van der Waals surface area (Å²) in [4.78, 5) is 13.6. The van der Waals surface area contributed by atoms with Gasteiger partial charge in [0.25, 0.3) is 0 Å². The van der Waals surface area contributed by atoms with Crippen molar-refractivity contribution in [1.82, 2.24) is 24.3 Å². The summed E-state index contributed by atoms with van der Waals surface area (Å²) < 4.78 is 42.2. The summed E-state index contributed by atoms with van der Waals surface area (Å²) >= 11 is 0. The number of hydrogen-bond acceptors (Lipinski definition) is 5. The predicted molar refractivity (Wildman–Crippen MR) is 117 cm³/mol. The van der Waals surface area contributed by atoms with Crippen molar-refractivity contribution >= 4 is 5.82 Å². The molecule has 3 fully saturated rings. The van der Waals surface area contributed by atoms with E-state index in [1.54, 1.807) is 0 Å². The molecule has 0 bridgehead atoms. The van der Waals surface area contributed by atoms with Gasteiger partial charge in [0.15, 0.2) is 0 Å². The molecule has 0 amide bonds. The smallest absolute Gasteiger partial charge is 0.383 e. The number of pyridine rings is 1. The fourth-order valence-corrected chi connectivity index (χ4v) is 5.73. The van der Waals surface area contributed by atoms with Crippen LogP contribution >= 0.6 is 0 Å². The van der Waals surface area contributed by atoms with Gasteiger partial charge < -0.3 is 15.2 Å². The van der Waals surface area contributed by atoms with E-state index < -0.39 is 17.6 Å². The van der Waals surface area contributed by atoms with Crippen molar-refractivity contribution in [3.8, 4) is 11.3 Å². The number of rotatable bonds is 4. The third-order valence-corrected chi connectivity index (χ3v) is 7.55. The van der Waals surface area contributed by atoms with Gasteiger partial charge in [0.1, 0.15) is 11.6 Å². The first-order chi connectivity index (χ1) is 15.1. The van der Waals surface area contributed by atoms with Gasteiger partial charge in [0.05, 0.1) is 11.3 Å². The molecule has 3 heterocycles. The minimum Gasteiger partial charge on any atom is -0.383 e. The molecule has 5 rings (SSSR count). The highest BCUT2D eigenvalue weighted by atomic mass is 19.4. The topological polar surface area (TPSA) is 63.2 Å². The fourth-order valence-electron chi connectivity index (χ4n) is 5.73. The Bertz CT molecular complexity index is 980. The van der Waals surface area contributed by atoms with Crippen LogP contribution < -0.4 is 5.73 Å². The highest BCUT2D eigenvalue weighted by Gasteiger charge is 2.58. The van der Waals surface area contributed by atoms with E-state index in [-0.39, 0.29) is 5.92 Å². The molecule has 32 heavy (non-hydrogen) atoms. The number of nitrogen functional groups attached to an aromatic ring is 1. The van der Waals surface area contributed by atoms with Crippen molar-refractivity contribution in [3.63, 3.8) is 0 Å². The Morgan fingerprint density at radius 3 is 2.34 bits per heavy atom. The van der Waals surface area contributed by atoms with Crippen LogP contribution in [-0.2, 0) is 6.18 Å². The minimum absolute atomic E-state index is 0.183. The lowest BCUT2D eigenvalue weighted by Crippen LogP contribution is -2.48. The molecular weight excluding hydrogens is 417 g/mol. The lowest BCUT2D eigenvalue weighted by molar-refractivity contribution is -0.137. The maximum atomic E-state index is 13.3. The molecule has 174 valence electrons. The summed E-state index contributed by atoms with van der Waals surface area (Å²) in [6.45, 7) is 8.71. The number of alkyl halides is 3. The second-order valence-electron chi connectivity index (χ2n) is 9.98. The summed E-state index contributed by atoms with van der Waals surface area (Å²) in [5.74, 6) is 1.88. The van der Waals surface area contributed by atoms with E-state index >= 15 is 0 Å². The molecule has 2 N–H and O–H groups in total. The van der Waals surface area contributed by atoms with Crippen LogP contribution in [0.1, 0.15) is 50.0 Å². The largest absolute Gasteiger partial charge is 0.419 e. The average molecular weight is 449 g/mol. The van der Waals surface area contributed by atoms with Gasteiger partial charge in [-0.1, -0.05) is 13.8 Å². The van der Waals surface area contributed by atoms with Crippen molar-refractivity contribution < 1.29 is 13.2 Å². The first kappa shape index (κ1) is 21.7. The third-order valence-electron chi connectivity index (χ3n) is 7.55. The monoisotopic (exact) mass is 448 g/mol. The van der Waals surface area contributed by atoms with Gasteiger partial charge in [-0.2, -0.15) is 13.2 Å². The Kier molecular flexibility index (Phi) is 5.24. The average Bonchev–Trinajstić information content (AvgIpc) is 3.08. The fraction of sp³-hybridized carbons (Fsp3) is 0.652. The molecule has 4 atom stereocenters. The van der Waals surface area contributed by atoms with Crippen LogP contribution in [0, 0.1) is 11.8 Å². The van der Waals surface area contributed by atoms with Crippen LogP contribution in [0.2, 0.25) is 0 Å². The van der Waals surface area contributed by atoms with Gasteiger partial charge in [-0.3, -0.25) is 4.90 Å². The third kappa shape index (κ3) is 3.79. The van der Waals surface area contributed by atoms with Crippen molar-refractivity contribution in [3.05, 3.63) is 29.8 Å². The van der Waals surface area contributed by atoms with E-state index in [1.807, 2.05) is 6.20 Å². The number of piperazine rings is 1. The Balaban J connectivity index is 1.36. The lowest BCUT2D eigenvalue weighted by Gasteiger charge is -2.37. The number of nitrogens with two attached hydrogens (primary N) is 1. The Labute approximate surface area is 186 Å². The van der Waals surface area contributed by atoms with Gasteiger partial charge in [0, 0.05) is 62.1 Å². The summed E-state index contributed by atoms with van der Waals surface area (Å²) in [7, 11) is 2.18. The van der Waals surface area contributed by atoms with E-state index in [1.165, 1.54) is 19.0 Å². The molecule has 1 aliphatic heterocycles. The maximum absolute atomic E-state index is 13.3. The van der Waals surface area contributed by atoms with Gasteiger partial charge >= 0.3 is 6.18 Å². The lowest BCUT2D eigenvalue weighted by atomic mass is 10.1. The zero-order chi connectivity index (χ0) is 22.8. The molecule has 9 heteroatoms. The summed E-state index contributed by atoms with van der Waals surface area (Å²) in [5.41, 5.74) is 5.46. The van der Waals surface area contributed by atoms with Crippen molar-refractivity contribution in [1.29, 1.82) is 0 Å². The standard InChI is InChI=1S/C23H31F3N6/c1-13(2)22-29-19(14-8-18(23(24,25)26)21(27)28-11-14)12-32(22)20-16-9-15(10-17(16)20)31-6-4-30(3)5-7-31/h8,11-13,15-17,20H,4-7,9-10H2,1-3H3,(H2,27,28)/t15?,16-,17+,20?. The minimum atomic E-state index is -4.54. The molecule has 0 aromatic carbocycles. The van der Waals surface area contributed by atoms with Crippen LogP contribution in [0.4, 0.5) is 19.0 Å². The number of aromatic nitrogens is 3. The van der Waals surface area contributed by atoms with E-state index in [9.17, 15) is 13.2 Å². The van der Waals surface area contributed by atoms with Crippen LogP contribution in [0.15, 0.2) is 18.5 Å². The molecule has 2 aromatic heterocycles. The van der Waals surface area contributed by atoms with Crippen LogP contribution in [0.25, 0.3) is 11.3 Å². The summed E-state index contributed by atoms with van der Waals surface area (Å²) in [6.07, 6.45) is 1.18. The molecule has 2 aromatic rings. The van der Waals surface area contributed by atoms with Crippen molar-refractivity contribution in [2.45, 2.75) is 50.9 Å². The zero-order valence-corrected chi connectivity index (χ0v) is 18.8. The van der Waals surface area contributed by atoms with E-state index in [0.717, 1.165) is 38.1 Å². The number of nitrogens with zero attached hydrogens (tertiary/aromatic N) is 5. The first-order valence-electron chi connectivity index (χ1n) is 11.5. The maximum Gasteiger partial charge on any atom is 0.419 e. The number of likely N-dealkylation sites (N-methyl/N-ethyl adjacent to an activating group) is 1. The second kappa shape index (κ2) is 7.73. The molecule has 3 aliphatic rings.